The zero-order valence-corrected chi connectivity index (χ0v) is 15.7. The van der Waals surface area contributed by atoms with Crippen LogP contribution in [0.5, 0.6) is 0 Å². The van der Waals surface area contributed by atoms with Crippen LogP contribution in [-0.2, 0) is 11.3 Å². The van der Waals surface area contributed by atoms with E-state index < -0.39 is 0 Å². The minimum Gasteiger partial charge on any atom is -0.352 e. The predicted molar refractivity (Wildman–Crippen MR) is 102 cm³/mol. The second-order valence-corrected chi connectivity index (χ2v) is 9.86. The van der Waals surface area contributed by atoms with E-state index in [-0.39, 0.29) is 11.7 Å². The number of Topliss-reactive ketones (excluding diaryl/α,β-unsaturated/α-hetero) is 1. The van der Waals surface area contributed by atoms with Crippen molar-refractivity contribution in [3.05, 3.63) is 35.4 Å². The van der Waals surface area contributed by atoms with Gasteiger partial charge in [0.05, 0.1) is 5.75 Å². The van der Waals surface area contributed by atoms with Gasteiger partial charge in [-0.2, -0.15) is 0 Å². The molecule has 4 heteroatoms. The van der Waals surface area contributed by atoms with Gasteiger partial charge in [0, 0.05) is 23.8 Å². The number of hydrogen-bond donors (Lipinski definition) is 1. The average molecular weight is 358 g/mol. The summed E-state index contributed by atoms with van der Waals surface area (Å²) in [5, 5.41) is 2.78. The molecule has 25 heavy (non-hydrogen) atoms. The Kier molecular flexibility index (Phi) is 4.65. The SMILES string of the molecule is CC(=O)NCc1ccc(C(=O)CSC23CC4CC(CC(C4)C2)C3)cc1. The smallest absolute Gasteiger partial charge is 0.217 e. The van der Waals surface area contributed by atoms with E-state index in [2.05, 4.69) is 5.32 Å². The monoisotopic (exact) mass is 357 g/mol. The summed E-state index contributed by atoms with van der Waals surface area (Å²) in [5.41, 5.74) is 1.82. The Morgan fingerprint density at radius 2 is 1.60 bits per heavy atom. The molecule has 0 atom stereocenters. The van der Waals surface area contributed by atoms with Gasteiger partial charge >= 0.3 is 0 Å². The van der Waals surface area contributed by atoms with Gasteiger partial charge in [0.1, 0.15) is 0 Å². The van der Waals surface area contributed by atoms with Crippen molar-refractivity contribution in [2.24, 2.45) is 17.8 Å². The number of amides is 1. The minimum absolute atomic E-state index is 0.0351. The fourth-order valence-electron chi connectivity index (χ4n) is 5.54. The third-order valence-corrected chi connectivity index (χ3v) is 7.83. The lowest BCUT2D eigenvalue weighted by molar-refractivity contribution is -0.119. The van der Waals surface area contributed by atoms with Crippen LogP contribution in [0.15, 0.2) is 24.3 Å². The fraction of sp³-hybridized carbons (Fsp3) is 0.619. The quantitative estimate of drug-likeness (QED) is 0.776. The van der Waals surface area contributed by atoms with Gasteiger partial charge in [-0.05, 0) is 61.8 Å². The zero-order valence-electron chi connectivity index (χ0n) is 14.9. The molecular weight excluding hydrogens is 330 g/mol. The maximum Gasteiger partial charge on any atom is 0.217 e. The first-order valence-corrected chi connectivity index (χ1v) is 10.5. The molecule has 0 radical (unpaired) electrons. The highest BCUT2D eigenvalue weighted by Gasteiger charge is 2.51. The lowest BCUT2D eigenvalue weighted by Crippen LogP contribution is -2.48. The van der Waals surface area contributed by atoms with Crippen molar-refractivity contribution in [3.8, 4) is 0 Å². The predicted octanol–water partition coefficient (Wildman–Crippen LogP) is 4.21. The summed E-state index contributed by atoms with van der Waals surface area (Å²) in [7, 11) is 0. The third-order valence-electron chi connectivity index (χ3n) is 6.31. The number of benzene rings is 1. The highest BCUT2D eigenvalue weighted by atomic mass is 32.2. The van der Waals surface area contributed by atoms with Gasteiger partial charge in [0.25, 0.3) is 0 Å². The summed E-state index contributed by atoms with van der Waals surface area (Å²) in [4.78, 5) is 23.6. The van der Waals surface area contributed by atoms with E-state index in [1.54, 1.807) is 0 Å². The molecule has 1 amide bonds. The van der Waals surface area contributed by atoms with Crippen LogP contribution in [0.3, 0.4) is 0 Å². The molecule has 0 aliphatic heterocycles. The molecule has 4 bridgehead atoms. The first-order chi connectivity index (χ1) is 12.0. The van der Waals surface area contributed by atoms with Crippen LogP contribution >= 0.6 is 11.8 Å². The minimum atomic E-state index is -0.0351. The number of rotatable bonds is 6. The Bertz CT molecular complexity index is 632. The molecule has 4 saturated carbocycles. The first-order valence-electron chi connectivity index (χ1n) is 9.52. The standard InChI is InChI=1S/C21H27NO2S/c1-14(23)22-12-15-2-4-19(5-3-15)20(24)13-25-21-9-16-6-17(10-21)8-18(7-16)11-21/h2-5,16-18H,6-13H2,1H3,(H,22,23). The van der Waals surface area contributed by atoms with E-state index in [1.165, 1.54) is 45.4 Å². The Morgan fingerprint density at radius 3 is 2.12 bits per heavy atom. The number of thioether (sulfide) groups is 1. The van der Waals surface area contributed by atoms with Gasteiger partial charge in [-0.1, -0.05) is 24.3 Å². The summed E-state index contributed by atoms with van der Waals surface area (Å²) in [5.74, 6) is 3.61. The molecule has 1 aromatic carbocycles. The topological polar surface area (TPSA) is 46.2 Å². The molecule has 0 saturated heterocycles. The summed E-state index contributed by atoms with van der Waals surface area (Å²) >= 11 is 1.95. The van der Waals surface area contributed by atoms with Gasteiger partial charge in [-0.3, -0.25) is 9.59 Å². The van der Waals surface area contributed by atoms with E-state index in [1.807, 2.05) is 36.0 Å². The second kappa shape index (κ2) is 6.79. The van der Waals surface area contributed by atoms with Crippen molar-refractivity contribution in [2.75, 3.05) is 5.75 Å². The molecule has 0 heterocycles. The van der Waals surface area contributed by atoms with Crippen molar-refractivity contribution in [1.29, 1.82) is 0 Å². The molecule has 1 aromatic rings. The maximum absolute atomic E-state index is 12.6. The second-order valence-electron chi connectivity index (χ2n) is 8.42. The third kappa shape index (κ3) is 3.79. The number of ketones is 1. The van der Waals surface area contributed by atoms with Gasteiger partial charge in [-0.25, -0.2) is 0 Å². The van der Waals surface area contributed by atoms with Crippen molar-refractivity contribution in [3.63, 3.8) is 0 Å². The van der Waals surface area contributed by atoms with E-state index in [0.717, 1.165) is 28.9 Å². The maximum atomic E-state index is 12.6. The van der Waals surface area contributed by atoms with Crippen LogP contribution in [0, 0.1) is 17.8 Å². The van der Waals surface area contributed by atoms with Crippen LogP contribution in [0.25, 0.3) is 0 Å². The van der Waals surface area contributed by atoms with Crippen LogP contribution in [-0.4, -0.2) is 22.2 Å². The zero-order chi connectivity index (χ0) is 17.4. The summed E-state index contributed by atoms with van der Waals surface area (Å²) < 4.78 is 0.399. The number of carbonyl (C=O) groups excluding carboxylic acids is 2. The van der Waals surface area contributed by atoms with Crippen molar-refractivity contribution < 1.29 is 9.59 Å². The van der Waals surface area contributed by atoms with Gasteiger partial charge < -0.3 is 5.32 Å². The summed E-state index contributed by atoms with van der Waals surface area (Å²) in [6.45, 7) is 2.03. The van der Waals surface area contributed by atoms with E-state index in [0.29, 0.717) is 17.0 Å². The normalized spacial score (nSPS) is 32.6. The van der Waals surface area contributed by atoms with Crippen molar-refractivity contribution >= 4 is 23.5 Å². The molecule has 3 nitrogen and oxygen atoms in total. The lowest BCUT2D eigenvalue weighted by atomic mass is 9.56. The molecule has 0 aromatic heterocycles. The lowest BCUT2D eigenvalue weighted by Gasteiger charge is -2.56. The molecule has 134 valence electrons. The van der Waals surface area contributed by atoms with Gasteiger partial charge in [-0.15, -0.1) is 11.8 Å². The largest absolute Gasteiger partial charge is 0.352 e. The molecule has 0 unspecified atom stereocenters. The fourth-order valence-corrected chi connectivity index (χ4v) is 7.21. The first kappa shape index (κ1) is 17.1. The Morgan fingerprint density at radius 1 is 1.04 bits per heavy atom. The van der Waals surface area contributed by atoms with Crippen molar-refractivity contribution in [1.82, 2.24) is 5.32 Å². The van der Waals surface area contributed by atoms with Crippen LogP contribution in [0.4, 0.5) is 0 Å². The molecule has 0 spiro atoms. The van der Waals surface area contributed by atoms with E-state index in [9.17, 15) is 9.59 Å². The number of nitrogens with one attached hydrogen (secondary N) is 1. The van der Waals surface area contributed by atoms with E-state index >= 15 is 0 Å². The molecule has 5 rings (SSSR count). The molecule has 1 N–H and O–H groups in total. The summed E-state index contributed by atoms with van der Waals surface area (Å²) in [6.07, 6.45) is 8.36. The number of hydrogen-bond acceptors (Lipinski definition) is 3. The van der Waals surface area contributed by atoms with Crippen LogP contribution in [0.2, 0.25) is 0 Å². The van der Waals surface area contributed by atoms with E-state index in [4.69, 9.17) is 0 Å². The van der Waals surface area contributed by atoms with Gasteiger partial charge in [0.15, 0.2) is 5.78 Å². The molecule has 4 aliphatic carbocycles. The highest BCUT2D eigenvalue weighted by Crippen LogP contribution is 2.60. The molecular formula is C21H27NO2S. The number of carbonyl (C=O) groups is 2. The molecule has 4 aliphatic rings. The Hall–Kier alpha value is -1.29. The van der Waals surface area contributed by atoms with Crippen LogP contribution < -0.4 is 5.32 Å². The Balaban J connectivity index is 1.34. The molecule has 4 fully saturated rings. The van der Waals surface area contributed by atoms with Crippen LogP contribution in [0.1, 0.15) is 61.4 Å². The average Bonchev–Trinajstić information content (AvgIpc) is 2.57. The van der Waals surface area contributed by atoms with Crippen molar-refractivity contribution in [2.45, 2.75) is 56.7 Å². The highest BCUT2D eigenvalue weighted by molar-refractivity contribution is 8.01. The summed E-state index contributed by atoms with van der Waals surface area (Å²) in [6, 6.07) is 7.69. The van der Waals surface area contributed by atoms with Gasteiger partial charge in [0.2, 0.25) is 5.91 Å². The Labute approximate surface area is 154 Å².